The Morgan fingerprint density at radius 2 is 2.30 bits per heavy atom. The third-order valence-corrected chi connectivity index (χ3v) is 4.88. The second kappa shape index (κ2) is 6.68. The Labute approximate surface area is 124 Å². The Kier molecular flexibility index (Phi) is 5.16. The molecule has 1 aromatic heterocycles. The second-order valence-corrected chi connectivity index (χ2v) is 7.22. The maximum Gasteiger partial charge on any atom is 0.308 e. The van der Waals surface area contributed by atoms with E-state index in [-0.39, 0.29) is 11.8 Å². The Balaban J connectivity index is 1.87. The number of carboxylic acids is 1. The molecule has 0 radical (unpaired) electrons. The topological polar surface area (TPSA) is 53.4 Å². The molecule has 0 saturated carbocycles. The van der Waals surface area contributed by atoms with Gasteiger partial charge in [0, 0.05) is 25.0 Å². The van der Waals surface area contributed by atoms with Crippen molar-refractivity contribution in [2.24, 2.45) is 17.8 Å². The van der Waals surface area contributed by atoms with Crippen molar-refractivity contribution in [3.63, 3.8) is 0 Å². The predicted molar refractivity (Wildman–Crippen MR) is 80.8 cm³/mol. The maximum atomic E-state index is 11.1. The van der Waals surface area contributed by atoms with Crippen LogP contribution >= 0.6 is 11.3 Å². The van der Waals surface area contributed by atoms with Gasteiger partial charge in [-0.3, -0.25) is 9.69 Å². The van der Waals surface area contributed by atoms with Crippen LogP contribution < -0.4 is 0 Å². The van der Waals surface area contributed by atoms with Crippen LogP contribution in [-0.2, 0) is 17.8 Å². The number of nitrogens with zero attached hydrogens (tertiary/aromatic N) is 2. The summed E-state index contributed by atoms with van der Waals surface area (Å²) in [6.45, 7) is 8.77. The molecule has 5 heteroatoms. The molecule has 2 heterocycles. The summed E-state index contributed by atoms with van der Waals surface area (Å²) < 4.78 is 0. The third-order valence-electron chi connectivity index (χ3n) is 3.93. The number of rotatable bonds is 6. The fraction of sp³-hybridized carbons (Fsp3) is 0.733. The minimum Gasteiger partial charge on any atom is -0.481 e. The zero-order valence-corrected chi connectivity index (χ0v) is 13.3. The van der Waals surface area contributed by atoms with E-state index >= 15 is 0 Å². The average Bonchev–Trinajstić information content (AvgIpc) is 2.94. The Bertz CT molecular complexity index is 458. The number of carboxylic acid groups (broad SMARTS) is 1. The molecule has 0 aliphatic carbocycles. The van der Waals surface area contributed by atoms with Crippen LogP contribution in [0.3, 0.4) is 0 Å². The van der Waals surface area contributed by atoms with E-state index in [2.05, 4.69) is 29.1 Å². The Morgan fingerprint density at radius 3 is 2.90 bits per heavy atom. The molecular formula is C15H24N2O2S. The van der Waals surface area contributed by atoms with Gasteiger partial charge in [-0.1, -0.05) is 20.8 Å². The van der Waals surface area contributed by atoms with Crippen molar-refractivity contribution in [3.05, 3.63) is 16.1 Å². The smallest absolute Gasteiger partial charge is 0.308 e. The largest absolute Gasteiger partial charge is 0.481 e. The first kappa shape index (κ1) is 15.4. The monoisotopic (exact) mass is 296 g/mol. The van der Waals surface area contributed by atoms with Crippen molar-refractivity contribution in [2.75, 3.05) is 13.1 Å². The molecule has 1 N–H and O–H groups in total. The van der Waals surface area contributed by atoms with Crippen molar-refractivity contribution >= 4 is 17.3 Å². The summed E-state index contributed by atoms with van der Waals surface area (Å²) in [4.78, 5) is 18.0. The molecule has 0 spiro atoms. The van der Waals surface area contributed by atoms with Crippen LogP contribution in [0.1, 0.15) is 37.9 Å². The molecule has 1 saturated heterocycles. The van der Waals surface area contributed by atoms with E-state index in [0.717, 1.165) is 25.2 Å². The lowest BCUT2D eigenvalue weighted by atomic mass is 9.99. The Hall–Kier alpha value is -0.940. The number of hydrogen-bond donors (Lipinski definition) is 1. The molecule has 2 rings (SSSR count). The molecule has 112 valence electrons. The van der Waals surface area contributed by atoms with Crippen molar-refractivity contribution in [3.8, 4) is 0 Å². The van der Waals surface area contributed by atoms with Gasteiger partial charge in [0.25, 0.3) is 0 Å². The summed E-state index contributed by atoms with van der Waals surface area (Å²) in [5.41, 5.74) is 1.09. The van der Waals surface area contributed by atoms with Crippen molar-refractivity contribution in [1.29, 1.82) is 0 Å². The molecule has 1 aliphatic heterocycles. The first-order valence-corrected chi connectivity index (χ1v) is 8.22. The van der Waals surface area contributed by atoms with Crippen molar-refractivity contribution < 1.29 is 9.90 Å². The normalized spacial score (nSPS) is 23.6. The molecule has 0 aromatic carbocycles. The van der Waals surface area contributed by atoms with Gasteiger partial charge in [-0.2, -0.15) is 0 Å². The minimum absolute atomic E-state index is 0.228. The number of aromatic nitrogens is 1. The molecule has 1 aliphatic rings. The highest BCUT2D eigenvalue weighted by Crippen LogP contribution is 2.25. The zero-order chi connectivity index (χ0) is 14.7. The highest BCUT2D eigenvalue weighted by Gasteiger charge is 2.34. The van der Waals surface area contributed by atoms with Gasteiger partial charge in [-0.15, -0.1) is 11.3 Å². The first-order chi connectivity index (χ1) is 9.45. The molecule has 0 unspecified atom stereocenters. The number of thiazole rings is 1. The summed E-state index contributed by atoms with van der Waals surface area (Å²) in [7, 11) is 0. The van der Waals surface area contributed by atoms with Crippen LogP contribution in [0.4, 0.5) is 0 Å². The van der Waals surface area contributed by atoms with E-state index in [1.54, 1.807) is 11.3 Å². The van der Waals surface area contributed by atoms with E-state index in [1.807, 2.05) is 6.92 Å². The van der Waals surface area contributed by atoms with Gasteiger partial charge < -0.3 is 5.11 Å². The van der Waals surface area contributed by atoms with Crippen molar-refractivity contribution in [2.45, 2.75) is 40.2 Å². The lowest BCUT2D eigenvalue weighted by Crippen LogP contribution is -2.23. The van der Waals surface area contributed by atoms with Gasteiger partial charge in [0.05, 0.1) is 16.6 Å². The number of likely N-dealkylation sites (tertiary alicyclic amines) is 1. The van der Waals surface area contributed by atoms with Gasteiger partial charge in [0.1, 0.15) is 0 Å². The summed E-state index contributed by atoms with van der Waals surface area (Å²) in [5.74, 6) is 0.0367. The molecule has 1 aromatic rings. The van der Waals surface area contributed by atoms with Crippen LogP contribution in [0.15, 0.2) is 5.38 Å². The average molecular weight is 296 g/mol. The second-order valence-electron chi connectivity index (χ2n) is 6.28. The minimum atomic E-state index is -0.670. The Morgan fingerprint density at radius 1 is 1.55 bits per heavy atom. The first-order valence-electron chi connectivity index (χ1n) is 7.34. The van der Waals surface area contributed by atoms with Gasteiger partial charge in [-0.25, -0.2) is 4.98 Å². The number of carbonyl (C=O) groups is 1. The van der Waals surface area contributed by atoms with Crippen molar-refractivity contribution in [1.82, 2.24) is 9.88 Å². The van der Waals surface area contributed by atoms with Gasteiger partial charge >= 0.3 is 5.97 Å². The third kappa shape index (κ3) is 4.03. The van der Waals surface area contributed by atoms with E-state index in [9.17, 15) is 4.79 Å². The van der Waals surface area contributed by atoms with E-state index in [1.165, 1.54) is 11.4 Å². The fourth-order valence-electron chi connectivity index (χ4n) is 2.70. The number of hydrogen-bond acceptors (Lipinski definition) is 4. The number of aliphatic carboxylic acids is 1. The fourth-order valence-corrected chi connectivity index (χ4v) is 3.50. The van der Waals surface area contributed by atoms with Gasteiger partial charge in [0.2, 0.25) is 0 Å². The quantitative estimate of drug-likeness (QED) is 0.877. The summed E-state index contributed by atoms with van der Waals surface area (Å²) in [6.07, 6.45) is 2.23. The molecule has 4 nitrogen and oxygen atoms in total. The molecule has 20 heavy (non-hydrogen) atoms. The lowest BCUT2D eigenvalue weighted by molar-refractivity contribution is -0.142. The van der Waals surface area contributed by atoms with Crippen LogP contribution in [0.5, 0.6) is 0 Å². The van der Waals surface area contributed by atoms with E-state index in [4.69, 9.17) is 5.11 Å². The highest BCUT2D eigenvalue weighted by molar-refractivity contribution is 7.09. The number of aryl methyl sites for hydroxylation is 1. The van der Waals surface area contributed by atoms with E-state index in [0.29, 0.717) is 12.5 Å². The molecule has 2 atom stereocenters. The van der Waals surface area contributed by atoms with Crippen LogP contribution in [0.25, 0.3) is 0 Å². The molecule has 0 amide bonds. The summed E-state index contributed by atoms with van der Waals surface area (Å²) >= 11 is 1.73. The van der Waals surface area contributed by atoms with Crippen LogP contribution in [-0.4, -0.2) is 34.0 Å². The predicted octanol–water partition coefficient (Wildman–Crippen LogP) is 2.88. The van der Waals surface area contributed by atoms with Gasteiger partial charge in [-0.05, 0) is 24.7 Å². The van der Waals surface area contributed by atoms with Crippen LogP contribution in [0, 0.1) is 17.8 Å². The molecular weight excluding hydrogens is 272 g/mol. The lowest BCUT2D eigenvalue weighted by Gasteiger charge is -2.13. The molecule has 0 bridgehead atoms. The molecule has 1 fully saturated rings. The van der Waals surface area contributed by atoms with Gasteiger partial charge in [0.15, 0.2) is 0 Å². The standard InChI is InChI=1S/C15H24N2O2S/c1-10(2)4-5-14-16-12(9-20-14)7-17-6-11(3)13(8-17)15(18)19/h9-11,13H,4-8H2,1-3H3,(H,18,19)/t11-,13-/m1/s1. The zero-order valence-electron chi connectivity index (χ0n) is 12.5. The SMILES string of the molecule is CC(C)CCc1nc(CN2C[C@@H](C)[C@H](C(=O)O)C2)cs1. The summed E-state index contributed by atoms with van der Waals surface area (Å²) in [5, 5.41) is 12.5. The summed E-state index contributed by atoms with van der Waals surface area (Å²) in [6, 6.07) is 0. The maximum absolute atomic E-state index is 11.1. The van der Waals surface area contributed by atoms with Crippen LogP contribution in [0.2, 0.25) is 0 Å². The van der Waals surface area contributed by atoms with E-state index < -0.39 is 5.97 Å². The highest BCUT2D eigenvalue weighted by atomic mass is 32.1.